The van der Waals surface area contributed by atoms with Crippen molar-refractivity contribution < 1.29 is 4.79 Å². The van der Waals surface area contributed by atoms with Gasteiger partial charge in [-0.05, 0) is 67.3 Å². The van der Waals surface area contributed by atoms with E-state index in [-0.39, 0.29) is 5.69 Å². The van der Waals surface area contributed by atoms with E-state index in [1.54, 1.807) is 12.3 Å². The Labute approximate surface area is 176 Å². The molecule has 2 aromatic carbocycles. The molecule has 0 unspecified atom stereocenters. The van der Waals surface area contributed by atoms with E-state index in [4.69, 9.17) is 10.7 Å². The Kier molecular flexibility index (Phi) is 5.19. The maximum absolute atomic E-state index is 11.2. The van der Waals surface area contributed by atoms with Crippen molar-refractivity contribution in [1.82, 2.24) is 9.97 Å². The van der Waals surface area contributed by atoms with E-state index in [0.29, 0.717) is 0 Å². The van der Waals surface area contributed by atoms with Crippen molar-refractivity contribution in [2.75, 3.05) is 5.32 Å². The van der Waals surface area contributed by atoms with Crippen LogP contribution in [0.2, 0.25) is 0 Å². The molecule has 0 fully saturated rings. The molecule has 0 radical (unpaired) electrons. The SMILES string of the molecule is CCc1cc(C)c2nc(C)cc(Nc3ccc(-c4ccc(C(N)=O)nc4)cc3)c2c1. The number of nitrogens with two attached hydrogens (primary N) is 1. The Balaban J connectivity index is 1.65. The number of hydrogen-bond acceptors (Lipinski definition) is 4. The summed E-state index contributed by atoms with van der Waals surface area (Å²) < 4.78 is 0. The zero-order chi connectivity index (χ0) is 21.3. The van der Waals surface area contributed by atoms with E-state index < -0.39 is 5.91 Å². The lowest BCUT2D eigenvalue weighted by atomic mass is 10.0. The van der Waals surface area contributed by atoms with Gasteiger partial charge in [0.05, 0.1) is 5.52 Å². The molecule has 30 heavy (non-hydrogen) atoms. The van der Waals surface area contributed by atoms with Crippen LogP contribution in [0.3, 0.4) is 0 Å². The van der Waals surface area contributed by atoms with Crippen molar-refractivity contribution in [3.05, 3.63) is 83.3 Å². The molecule has 0 saturated heterocycles. The molecule has 5 nitrogen and oxygen atoms in total. The fourth-order valence-electron chi connectivity index (χ4n) is 3.62. The van der Waals surface area contributed by atoms with E-state index >= 15 is 0 Å². The second-order valence-electron chi connectivity index (χ2n) is 7.47. The molecule has 4 aromatic rings. The Hall–Kier alpha value is -3.73. The van der Waals surface area contributed by atoms with Gasteiger partial charge in [-0.15, -0.1) is 0 Å². The largest absolute Gasteiger partial charge is 0.364 e. The second-order valence-corrected chi connectivity index (χ2v) is 7.47. The van der Waals surface area contributed by atoms with Crippen LogP contribution in [0.25, 0.3) is 22.0 Å². The number of carbonyl (C=O) groups excluding carboxylic acids is 1. The molecule has 1 amide bonds. The van der Waals surface area contributed by atoms with Gasteiger partial charge in [0.2, 0.25) is 0 Å². The average Bonchev–Trinajstić information content (AvgIpc) is 2.75. The standard InChI is InChI=1S/C25H24N4O/c1-4-17-11-15(2)24-21(13-17)23(12-16(3)28-24)29-20-8-5-18(6-9-20)19-7-10-22(25(26)30)27-14-19/h5-14H,4H2,1-3H3,(H2,26,30)(H,28,29). The summed E-state index contributed by atoms with van der Waals surface area (Å²) in [5, 5.41) is 4.68. The maximum atomic E-state index is 11.2. The molecule has 2 aromatic heterocycles. The Bertz CT molecular complexity index is 1230. The Morgan fingerprint density at radius 3 is 2.37 bits per heavy atom. The first-order valence-electron chi connectivity index (χ1n) is 9.99. The van der Waals surface area contributed by atoms with Crippen LogP contribution < -0.4 is 11.1 Å². The first kappa shape index (κ1) is 19.6. The topological polar surface area (TPSA) is 80.9 Å². The minimum atomic E-state index is -0.526. The number of rotatable bonds is 5. The van der Waals surface area contributed by atoms with Crippen molar-refractivity contribution in [2.24, 2.45) is 5.73 Å². The van der Waals surface area contributed by atoms with Crippen LogP contribution in [0.5, 0.6) is 0 Å². The van der Waals surface area contributed by atoms with Gasteiger partial charge in [0, 0.05) is 34.2 Å². The predicted molar refractivity (Wildman–Crippen MR) is 122 cm³/mol. The summed E-state index contributed by atoms with van der Waals surface area (Å²) in [6, 6.07) is 18.1. The number of carbonyl (C=O) groups is 1. The molecule has 0 spiro atoms. The van der Waals surface area contributed by atoms with Crippen LogP contribution >= 0.6 is 0 Å². The summed E-state index contributed by atoms with van der Waals surface area (Å²) in [5.41, 5.74) is 14.0. The van der Waals surface area contributed by atoms with Gasteiger partial charge in [-0.1, -0.05) is 31.2 Å². The first-order chi connectivity index (χ1) is 14.4. The normalized spacial score (nSPS) is 10.9. The Morgan fingerprint density at radius 2 is 1.73 bits per heavy atom. The van der Waals surface area contributed by atoms with Crippen molar-refractivity contribution in [3.8, 4) is 11.1 Å². The number of aryl methyl sites for hydroxylation is 3. The molecule has 3 N–H and O–H groups in total. The fraction of sp³-hybridized carbons (Fsp3) is 0.160. The van der Waals surface area contributed by atoms with Gasteiger partial charge in [0.1, 0.15) is 5.69 Å². The van der Waals surface area contributed by atoms with Crippen LogP contribution in [-0.4, -0.2) is 15.9 Å². The highest BCUT2D eigenvalue weighted by Gasteiger charge is 2.09. The first-order valence-corrected chi connectivity index (χ1v) is 9.99. The summed E-state index contributed by atoms with van der Waals surface area (Å²) in [5.74, 6) is -0.526. The van der Waals surface area contributed by atoms with Crippen LogP contribution in [0.4, 0.5) is 11.4 Å². The fourth-order valence-corrected chi connectivity index (χ4v) is 3.62. The highest BCUT2D eigenvalue weighted by molar-refractivity contribution is 5.95. The molecule has 0 aliphatic carbocycles. The molecule has 0 atom stereocenters. The van der Waals surface area contributed by atoms with Crippen LogP contribution in [-0.2, 0) is 6.42 Å². The summed E-state index contributed by atoms with van der Waals surface area (Å²) >= 11 is 0. The molecular formula is C25H24N4O. The number of fused-ring (bicyclic) bond motifs is 1. The van der Waals surface area contributed by atoms with Gasteiger partial charge in [0.15, 0.2) is 0 Å². The van der Waals surface area contributed by atoms with E-state index in [0.717, 1.165) is 45.5 Å². The van der Waals surface area contributed by atoms with Crippen LogP contribution in [0.1, 0.15) is 34.2 Å². The number of nitrogens with one attached hydrogen (secondary N) is 1. The monoisotopic (exact) mass is 396 g/mol. The summed E-state index contributed by atoms with van der Waals surface area (Å²) in [4.78, 5) is 20.1. The third kappa shape index (κ3) is 3.87. The molecule has 0 saturated carbocycles. The predicted octanol–water partition coefficient (Wildman–Crippen LogP) is 5.32. The quantitative estimate of drug-likeness (QED) is 0.478. The number of nitrogens with zero attached hydrogens (tertiary/aromatic N) is 2. The molecule has 0 aliphatic rings. The smallest absolute Gasteiger partial charge is 0.267 e. The van der Waals surface area contributed by atoms with E-state index in [1.807, 2.05) is 37.3 Å². The number of amides is 1. The number of primary amides is 1. The number of hydrogen-bond donors (Lipinski definition) is 2. The van der Waals surface area contributed by atoms with Crippen molar-refractivity contribution in [2.45, 2.75) is 27.2 Å². The third-order valence-corrected chi connectivity index (χ3v) is 5.21. The molecule has 2 heterocycles. The maximum Gasteiger partial charge on any atom is 0.267 e. The van der Waals surface area contributed by atoms with Crippen molar-refractivity contribution in [3.63, 3.8) is 0 Å². The van der Waals surface area contributed by atoms with E-state index in [2.05, 4.69) is 42.3 Å². The molecular weight excluding hydrogens is 372 g/mol. The van der Waals surface area contributed by atoms with Gasteiger partial charge in [-0.3, -0.25) is 14.8 Å². The minimum absolute atomic E-state index is 0.263. The number of pyridine rings is 2. The van der Waals surface area contributed by atoms with Gasteiger partial charge in [-0.2, -0.15) is 0 Å². The van der Waals surface area contributed by atoms with Gasteiger partial charge in [-0.25, -0.2) is 0 Å². The average molecular weight is 396 g/mol. The van der Waals surface area contributed by atoms with Crippen LogP contribution in [0.15, 0.2) is 60.8 Å². The van der Waals surface area contributed by atoms with Gasteiger partial charge >= 0.3 is 0 Å². The lowest BCUT2D eigenvalue weighted by Crippen LogP contribution is -2.12. The molecule has 0 bridgehead atoms. The number of anilines is 2. The minimum Gasteiger partial charge on any atom is -0.364 e. The third-order valence-electron chi connectivity index (χ3n) is 5.21. The highest BCUT2D eigenvalue weighted by Crippen LogP contribution is 2.30. The molecule has 0 aliphatic heterocycles. The van der Waals surface area contributed by atoms with Crippen molar-refractivity contribution >= 4 is 28.2 Å². The van der Waals surface area contributed by atoms with Gasteiger partial charge in [0.25, 0.3) is 5.91 Å². The van der Waals surface area contributed by atoms with E-state index in [1.165, 1.54) is 11.1 Å². The van der Waals surface area contributed by atoms with Gasteiger partial charge < -0.3 is 11.1 Å². The van der Waals surface area contributed by atoms with Crippen LogP contribution in [0, 0.1) is 13.8 Å². The highest BCUT2D eigenvalue weighted by atomic mass is 16.1. The zero-order valence-corrected chi connectivity index (χ0v) is 17.4. The number of benzene rings is 2. The summed E-state index contributed by atoms with van der Waals surface area (Å²) in [6.45, 7) is 6.30. The zero-order valence-electron chi connectivity index (χ0n) is 17.4. The number of aromatic nitrogens is 2. The Morgan fingerprint density at radius 1 is 1.00 bits per heavy atom. The summed E-state index contributed by atoms with van der Waals surface area (Å²) in [7, 11) is 0. The van der Waals surface area contributed by atoms with Crippen molar-refractivity contribution in [1.29, 1.82) is 0 Å². The molecule has 4 rings (SSSR count). The second kappa shape index (κ2) is 7.95. The lowest BCUT2D eigenvalue weighted by Gasteiger charge is -2.14. The lowest BCUT2D eigenvalue weighted by molar-refractivity contribution is 0.0995. The van der Waals surface area contributed by atoms with E-state index in [9.17, 15) is 4.79 Å². The molecule has 5 heteroatoms. The summed E-state index contributed by atoms with van der Waals surface area (Å²) in [6.07, 6.45) is 2.65. The molecule has 150 valence electrons.